The van der Waals surface area contributed by atoms with Gasteiger partial charge in [0.25, 0.3) is 0 Å². The van der Waals surface area contributed by atoms with E-state index in [0.717, 1.165) is 25.2 Å². The van der Waals surface area contributed by atoms with Gasteiger partial charge in [-0.15, -0.1) is 0 Å². The van der Waals surface area contributed by atoms with E-state index in [2.05, 4.69) is 6.58 Å². The SMILES string of the molecule is C=C(C)C(=O)OC12CCCCCC(CCCC1)CCC2. The molecule has 2 fully saturated rings. The molecular formula is C18H30O2. The molecule has 0 amide bonds. The number of fused-ring (bicyclic) bond motifs is 4. The summed E-state index contributed by atoms with van der Waals surface area (Å²) in [6.45, 7) is 5.50. The molecule has 2 heteroatoms. The second-order valence-corrected chi connectivity index (χ2v) is 6.96. The lowest BCUT2D eigenvalue weighted by molar-refractivity contribution is -0.158. The number of carbonyl (C=O) groups excluding carboxylic acids is 1. The fraction of sp³-hybridized carbons (Fsp3) is 0.833. The molecule has 0 aromatic heterocycles. The maximum atomic E-state index is 12.0. The Kier molecular flexibility index (Phi) is 5.68. The normalized spacial score (nSPS) is 31.9. The molecule has 2 aliphatic carbocycles. The highest BCUT2D eigenvalue weighted by Crippen LogP contribution is 2.38. The molecule has 20 heavy (non-hydrogen) atoms. The lowest BCUT2D eigenvalue weighted by Gasteiger charge is -2.34. The first kappa shape index (κ1) is 15.6. The van der Waals surface area contributed by atoms with Crippen molar-refractivity contribution in [1.82, 2.24) is 0 Å². The smallest absolute Gasteiger partial charge is 0.333 e. The summed E-state index contributed by atoms with van der Waals surface area (Å²) in [7, 11) is 0. The van der Waals surface area contributed by atoms with E-state index >= 15 is 0 Å². The highest BCUT2D eigenvalue weighted by molar-refractivity contribution is 5.87. The van der Waals surface area contributed by atoms with Gasteiger partial charge < -0.3 is 4.74 Å². The van der Waals surface area contributed by atoms with Crippen LogP contribution in [0.1, 0.15) is 84.0 Å². The van der Waals surface area contributed by atoms with E-state index in [1.54, 1.807) is 6.92 Å². The quantitative estimate of drug-likeness (QED) is 0.514. The molecule has 0 aliphatic heterocycles. The zero-order valence-corrected chi connectivity index (χ0v) is 13.1. The van der Waals surface area contributed by atoms with Gasteiger partial charge in [-0.2, -0.15) is 0 Å². The third-order valence-corrected chi connectivity index (χ3v) is 5.14. The first-order valence-corrected chi connectivity index (χ1v) is 8.50. The van der Waals surface area contributed by atoms with Crippen LogP contribution < -0.4 is 0 Å². The summed E-state index contributed by atoms with van der Waals surface area (Å²) in [6.07, 6.45) is 14.9. The minimum atomic E-state index is -0.192. The Morgan fingerprint density at radius 3 is 2.20 bits per heavy atom. The van der Waals surface area contributed by atoms with Gasteiger partial charge in [-0.05, 0) is 51.4 Å². The van der Waals surface area contributed by atoms with Gasteiger partial charge in [0.15, 0.2) is 0 Å². The van der Waals surface area contributed by atoms with E-state index in [4.69, 9.17) is 4.74 Å². The summed E-state index contributed by atoms with van der Waals surface area (Å²) in [5.41, 5.74) is 0.344. The number of hydrogen-bond donors (Lipinski definition) is 0. The Bertz CT molecular complexity index is 343. The van der Waals surface area contributed by atoms with Crippen molar-refractivity contribution in [1.29, 1.82) is 0 Å². The average Bonchev–Trinajstić information content (AvgIpc) is 2.47. The van der Waals surface area contributed by atoms with Crippen molar-refractivity contribution in [2.75, 3.05) is 0 Å². The van der Waals surface area contributed by atoms with Crippen molar-refractivity contribution in [3.8, 4) is 0 Å². The van der Waals surface area contributed by atoms with Gasteiger partial charge in [0.2, 0.25) is 0 Å². The first-order chi connectivity index (χ1) is 9.61. The molecule has 2 saturated carbocycles. The number of esters is 1. The largest absolute Gasteiger partial charge is 0.456 e. The molecule has 0 saturated heterocycles. The third kappa shape index (κ3) is 4.36. The summed E-state index contributed by atoms with van der Waals surface area (Å²) in [5, 5.41) is 0. The van der Waals surface area contributed by atoms with Crippen LogP contribution in [0.3, 0.4) is 0 Å². The van der Waals surface area contributed by atoms with Gasteiger partial charge in [0.1, 0.15) is 5.60 Å². The number of carbonyl (C=O) groups is 1. The molecule has 2 aliphatic rings. The summed E-state index contributed by atoms with van der Waals surface area (Å²) < 4.78 is 5.95. The topological polar surface area (TPSA) is 26.3 Å². The fourth-order valence-corrected chi connectivity index (χ4v) is 3.89. The van der Waals surface area contributed by atoms with Gasteiger partial charge in [-0.3, -0.25) is 0 Å². The Morgan fingerprint density at radius 1 is 0.950 bits per heavy atom. The molecule has 0 N–H and O–H groups in total. The molecule has 2 rings (SSSR count). The van der Waals surface area contributed by atoms with Crippen LogP contribution in [0.2, 0.25) is 0 Å². The summed E-state index contributed by atoms with van der Waals surface area (Å²) >= 11 is 0. The van der Waals surface area contributed by atoms with Crippen LogP contribution in [0.15, 0.2) is 12.2 Å². The first-order valence-electron chi connectivity index (χ1n) is 8.50. The molecule has 0 radical (unpaired) electrons. The van der Waals surface area contributed by atoms with Crippen molar-refractivity contribution >= 4 is 5.97 Å². The number of ether oxygens (including phenoxy) is 1. The van der Waals surface area contributed by atoms with E-state index < -0.39 is 0 Å². The van der Waals surface area contributed by atoms with E-state index in [1.807, 2.05) is 0 Å². The highest BCUT2D eigenvalue weighted by atomic mass is 16.6. The predicted octanol–water partition coefficient (Wildman–Crippen LogP) is 5.17. The Labute approximate surface area is 124 Å². The van der Waals surface area contributed by atoms with Crippen LogP contribution in [0.4, 0.5) is 0 Å². The monoisotopic (exact) mass is 278 g/mol. The maximum absolute atomic E-state index is 12.0. The second-order valence-electron chi connectivity index (χ2n) is 6.96. The molecule has 0 aromatic carbocycles. The van der Waals surface area contributed by atoms with Gasteiger partial charge in [0.05, 0.1) is 0 Å². The van der Waals surface area contributed by atoms with Crippen molar-refractivity contribution in [3.63, 3.8) is 0 Å². The minimum absolute atomic E-state index is 0.183. The zero-order valence-electron chi connectivity index (χ0n) is 13.1. The van der Waals surface area contributed by atoms with Crippen molar-refractivity contribution < 1.29 is 9.53 Å². The fourth-order valence-electron chi connectivity index (χ4n) is 3.89. The molecule has 2 nitrogen and oxygen atoms in total. The Morgan fingerprint density at radius 2 is 1.50 bits per heavy atom. The van der Waals surface area contributed by atoms with E-state index in [-0.39, 0.29) is 11.6 Å². The average molecular weight is 278 g/mol. The molecule has 0 aromatic rings. The van der Waals surface area contributed by atoms with Crippen molar-refractivity contribution in [3.05, 3.63) is 12.2 Å². The second kappa shape index (κ2) is 7.28. The van der Waals surface area contributed by atoms with Crippen LogP contribution in [0.25, 0.3) is 0 Å². The molecule has 2 atom stereocenters. The van der Waals surface area contributed by atoms with Gasteiger partial charge in [-0.25, -0.2) is 4.79 Å². The zero-order chi connectivity index (χ0) is 14.4. The molecule has 2 bridgehead atoms. The number of rotatable bonds is 2. The summed E-state index contributed by atoms with van der Waals surface area (Å²) in [4.78, 5) is 12.0. The molecule has 114 valence electrons. The van der Waals surface area contributed by atoms with Crippen LogP contribution in [0.5, 0.6) is 0 Å². The van der Waals surface area contributed by atoms with Crippen LogP contribution in [-0.2, 0) is 9.53 Å². The molecule has 2 unspecified atom stereocenters. The third-order valence-electron chi connectivity index (χ3n) is 5.14. The minimum Gasteiger partial charge on any atom is -0.456 e. The number of hydrogen-bond acceptors (Lipinski definition) is 2. The van der Waals surface area contributed by atoms with E-state index in [0.29, 0.717) is 5.57 Å². The molecule has 0 heterocycles. The van der Waals surface area contributed by atoms with Crippen molar-refractivity contribution in [2.24, 2.45) is 5.92 Å². The van der Waals surface area contributed by atoms with Crippen LogP contribution in [-0.4, -0.2) is 11.6 Å². The summed E-state index contributed by atoms with van der Waals surface area (Å²) in [5.74, 6) is 0.735. The Balaban J connectivity index is 2.11. The van der Waals surface area contributed by atoms with Gasteiger partial charge >= 0.3 is 5.97 Å². The van der Waals surface area contributed by atoms with E-state index in [9.17, 15) is 4.79 Å². The lowest BCUT2D eigenvalue weighted by atomic mass is 9.84. The Hall–Kier alpha value is -0.790. The van der Waals surface area contributed by atoms with Crippen molar-refractivity contribution in [2.45, 2.75) is 89.6 Å². The molecule has 0 spiro atoms. The van der Waals surface area contributed by atoms with E-state index in [1.165, 1.54) is 57.8 Å². The highest BCUT2D eigenvalue weighted by Gasteiger charge is 2.34. The maximum Gasteiger partial charge on any atom is 0.333 e. The lowest BCUT2D eigenvalue weighted by Crippen LogP contribution is -2.35. The van der Waals surface area contributed by atoms with Crippen LogP contribution in [0, 0.1) is 5.92 Å². The molecular weight excluding hydrogens is 248 g/mol. The van der Waals surface area contributed by atoms with Gasteiger partial charge in [-0.1, -0.05) is 45.1 Å². The summed E-state index contributed by atoms with van der Waals surface area (Å²) in [6, 6.07) is 0. The standard InChI is InChI=1S/C18H30O2/c1-15(2)17(19)20-18-12-6-3-4-9-16(11-8-14-18)10-5-7-13-18/h16H,1,3-14H2,2H3. The van der Waals surface area contributed by atoms with Gasteiger partial charge in [0, 0.05) is 5.57 Å². The van der Waals surface area contributed by atoms with Crippen LogP contribution >= 0.6 is 0 Å². The predicted molar refractivity (Wildman–Crippen MR) is 82.5 cm³/mol.